The highest BCUT2D eigenvalue weighted by atomic mass is 79.9. The molecule has 1 aliphatic rings. The summed E-state index contributed by atoms with van der Waals surface area (Å²) >= 11 is 9.61. The second kappa shape index (κ2) is 5.32. The Morgan fingerprint density at radius 2 is 2.15 bits per heavy atom. The van der Waals surface area contributed by atoms with E-state index >= 15 is 0 Å². The van der Waals surface area contributed by atoms with Crippen molar-refractivity contribution in [3.8, 4) is 0 Å². The first-order valence-electron chi connectivity index (χ1n) is 6.94. The minimum atomic E-state index is 0.265. The van der Waals surface area contributed by atoms with Crippen molar-refractivity contribution in [3.63, 3.8) is 0 Å². The van der Waals surface area contributed by atoms with Gasteiger partial charge in [-0.15, -0.1) is 11.6 Å². The average Bonchev–Trinajstić information content (AvgIpc) is 2.69. The van der Waals surface area contributed by atoms with Gasteiger partial charge in [0.1, 0.15) is 5.82 Å². The van der Waals surface area contributed by atoms with Crippen LogP contribution >= 0.6 is 27.5 Å². The van der Waals surface area contributed by atoms with Gasteiger partial charge in [-0.25, -0.2) is 4.98 Å². The molecule has 0 radical (unpaired) electrons. The van der Waals surface area contributed by atoms with E-state index < -0.39 is 0 Å². The summed E-state index contributed by atoms with van der Waals surface area (Å²) < 4.78 is 3.36. The number of alkyl halides is 1. The summed E-state index contributed by atoms with van der Waals surface area (Å²) in [6.07, 6.45) is 3.81. The van der Waals surface area contributed by atoms with E-state index in [2.05, 4.69) is 62.7 Å². The molecule has 0 amide bonds. The number of nitrogens with zero attached hydrogens (tertiary/aromatic N) is 3. The van der Waals surface area contributed by atoms with Gasteiger partial charge >= 0.3 is 0 Å². The first-order valence-corrected chi connectivity index (χ1v) is 8.26. The quantitative estimate of drug-likeness (QED) is 0.771. The number of imidazole rings is 1. The van der Waals surface area contributed by atoms with Crippen LogP contribution in [-0.2, 0) is 12.4 Å². The summed E-state index contributed by atoms with van der Waals surface area (Å²) in [6, 6.07) is 6.26. The van der Waals surface area contributed by atoms with Crippen LogP contribution in [0.15, 0.2) is 22.7 Å². The maximum Gasteiger partial charge on any atom is 0.124 e. The molecule has 1 aromatic carbocycles. The fourth-order valence-electron chi connectivity index (χ4n) is 3.06. The van der Waals surface area contributed by atoms with Crippen molar-refractivity contribution >= 4 is 38.6 Å². The first kappa shape index (κ1) is 14.4. The molecule has 0 bridgehead atoms. The molecule has 3 rings (SSSR count). The highest BCUT2D eigenvalue weighted by Gasteiger charge is 2.40. The van der Waals surface area contributed by atoms with E-state index in [9.17, 15) is 0 Å². The van der Waals surface area contributed by atoms with Gasteiger partial charge in [-0.3, -0.25) is 0 Å². The van der Waals surface area contributed by atoms with E-state index in [1.807, 2.05) is 0 Å². The smallest absolute Gasteiger partial charge is 0.124 e. The zero-order valence-electron chi connectivity index (χ0n) is 11.9. The summed E-state index contributed by atoms with van der Waals surface area (Å²) in [5.41, 5.74) is 2.46. The van der Waals surface area contributed by atoms with Crippen molar-refractivity contribution in [2.45, 2.75) is 37.2 Å². The van der Waals surface area contributed by atoms with Gasteiger partial charge < -0.3 is 9.47 Å². The van der Waals surface area contributed by atoms with Gasteiger partial charge in [0.05, 0.1) is 16.9 Å². The molecule has 1 heterocycles. The third-order valence-corrected chi connectivity index (χ3v) is 5.33. The minimum absolute atomic E-state index is 0.265. The van der Waals surface area contributed by atoms with Crippen molar-refractivity contribution in [1.29, 1.82) is 0 Å². The van der Waals surface area contributed by atoms with Crippen molar-refractivity contribution < 1.29 is 0 Å². The number of fused-ring (bicyclic) bond motifs is 1. The van der Waals surface area contributed by atoms with Crippen molar-refractivity contribution in [1.82, 2.24) is 14.5 Å². The summed E-state index contributed by atoms with van der Waals surface area (Å²) in [5.74, 6) is 1.42. The normalized spacial score (nSPS) is 17.6. The van der Waals surface area contributed by atoms with Gasteiger partial charge in [0.15, 0.2) is 0 Å². The lowest BCUT2D eigenvalue weighted by atomic mass is 9.75. The molecule has 0 atom stereocenters. The molecule has 0 saturated heterocycles. The molecule has 1 saturated carbocycles. The van der Waals surface area contributed by atoms with E-state index in [1.165, 1.54) is 24.8 Å². The molecular formula is C15H19BrClN3. The molecule has 1 aromatic heterocycles. The molecule has 108 valence electrons. The van der Waals surface area contributed by atoms with Gasteiger partial charge in [-0.05, 0) is 51.6 Å². The van der Waals surface area contributed by atoms with Crippen molar-refractivity contribution in [2.24, 2.45) is 0 Å². The molecule has 0 N–H and O–H groups in total. The second-order valence-corrected chi connectivity index (χ2v) is 7.04. The Labute approximate surface area is 133 Å². The van der Waals surface area contributed by atoms with Crippen LogP contribution in [0.3, 0.4) is 0 Å². The Bertz CT molecular complexity index is 631. The van der Waals surface area contributed by atoms with E-state index in [4.69, 9.17) is 11.6 Å². The summed E-state index contributed by atoms with van der Waals surface area (Å²) in [7, 11) is 4.35. The minimum Gasteiger partial charge on any atom is -0.325 e. The van der Waals surface area contributed by atoms with Gasteiger partial charge in [-0.2, -0.15) is 0 Å². The lowest BCUT2D eigenvalue weighted by Crippen LogP contribution is -2.53. The number of halogens is 2. The van der Waals surface area contributed by atoms with E-state index in [0.717, 1.165) is 22.4 Å². The van der Waals surface area contributed by atoms with Gasteiger partial charge in [0.2, 0.25) is 0 Å². The van der Waals surface area contributed by atoms with Gasteiger partial charge in [0.25, 0.3) is 0 Å². The van der Waals surface area contributed by atoms with Crippen LogP contribution in [0.4, 0.5) is 0 Å². The summed E-state index contributed by atoms with van der Waals surface area (Å²) in [5, 5.41) is 0. The topological polar surface area (TPSA) is 21.1 Å². The van der Waals surface area contributed by atoms with Crippen LogP contribution < -0.4 is 0 Å². The molecule has 3 nitrogen and oxygen atoms in total. The third-order valence-electron chi connectivity index (χ3n) is 4.59. The van der Waals surface area contributed by atoms with Crippen LogP contribution in [0.5, 0.6) is 0 Å². The number of benzene rings is 1. The van der Waals surface area contributed by atoms with Crippen LogP contribution in [0.1, 0.15) is 25.1 Å². The maximum atomic E-state index is 6.10. The fourth-order valence-corrected chi connectivity index (χ4v) is 3.61. The van der Waals surface area contributed by atoms with E-state index in [-0.39, 0.29) is 5.54 Å². The standard InChI is InChI=1S/C15H19BrClN3/c1-19(2)15(6-3-7-15)10-20-13-5-4-11(16)8-12(13)18-14(20)9-17/h4-5,8H,3,6-7,9-10H2,1-2H3. The van der Waals surface area contributed by atoms with Crippen molar-refractivity contribution in [2.75, 3.05) is 14.1 Å². The lowest BCUT2D eigenvalue weighted by Gasteiger charge is -2.47. The Morgan fingerprint density at radius 3 is 2.70 bits per heavy atom. The SMILES string of the molecule is CN(C)C1(Cn2c(CCl)nc3cc(Br)ccc32)CCC1. The molecule has 1 aliphatic carbocycles. The number of hydrogen-bond donors (Lipinski definition) is 0. The summed E-state index contributed by atoms with van der Waals surface area (Å²) in [4.78, 5) is 7.04. The van der Waals surface area contributed by atoms with Gasteiger partial charge in [0, 0.05) is 16.6 Å². The molecule has 0 spiro atoms. The Balaban J connectivity index is 2.05. The lowest BCUT2D eigenvalue weighted by molar-refractivity contribution is 0.0429. The second-order valence-electron chi connectivity index (χ2n) is 5.85. The third kappa shape index (κ3) is 2.28. The molecule has 2 aromatic rings. The first-order chi connectivity index (χ1) is 9.55. The molecule has 0 unspecified atom stereocenters. The highest BCUT2D eigenvalue weighted by Crippen LogP contribution is 2.38. The predicted molar refractivity (Wildman–Crippen MR) is 87.3 cm³/mol. The van der Waals surface area contributed by atoms with E-state index in [0.29, 0.717) is 5.88 Å². The monoisotopic (exact) mass is 355 g/mol. The van der Waals surface area contributed by atoms with E-state index in [1.54, 1.807) is 0 Å². The average molecular weight is 357 g/mol. The Kier molecular flexibility index (Phi) is 3.82. The zero-order chi connectivity index (χ0) is 14.3. The Hall–Kier alpha value is -0.580. The largest absolute Gasteiger partial charge is 0.325 e. The molecule has 1 fully saturated rings. The number of rotatable bonds is 4. The molecule has 20 heavy (non-hydrogen) atoms. The highest BCUT2D eigenvalue weighted by molar-refractivity contribution is 9.10. The molecule has 5 heteroatoms. The maximum absolute atomic E-state index is 6.10. The van der Waals surface area contributed by atoms with Gasteiger partial charge in [-0.1, -0.05) is 15.9 Å². The van der Waals surface area contributed by atoms with Crippen molar-refractivity contribution in [3.05, 3.63) is 28.5 Å². The number of likely N-dealkylation sites (N-methyl/N-ethyl adjacent to an activating group) is 1. The summed E-state index contributed by atoms with van der Waals surface area (Å²) in [6.45, 7) is 0.972. The van der Waals surface area contributed by atoms with Crippen LogP contribution in [0.2, 0.25) is 0 Å². The molecular weight excluding hydrogens is 338 g/mol. The molecule has 0 aliphatic heterocycles. The predicted octanol–water partition coefficient (Wildman–Crippen LogP) is 4.02. The Morgan fingerprint density at radius 1 is 1.40 bits per heavy atom. The number of aromatic nitrogens is 2. The number of hydrogen-bond acceptors (Lipinski definition) is 2. The van der Waals surface area contributed by atoms with Crippen LogP contribution in [0.25, 0.3) is 11.0 Å². The fraction of sp³-hybridized carbons (Fsp3) is 0.533. The van der Waals surface area contributed by atoms with Crippen LogP contribution in [-0.4, -0.2) is 34.1 Å². The zero-order valence-corrected chi connectivity index (χ0v) is 14.2. The van der Waals surface area contributed by atoms with Crippen LogP contribution in [0, 0.1) is 0 Å².